The summed E-state index contributed by atoms with van der Waals surface area (Å²) in [5, 5.41) is 1.51. The zero-order valence-electron chi connectivity index (χ0n) is 11.8. The highest BCUT2D eigenvalue weighted by Crippen LogP contribution is 2.30. The molecule has 1 aliphatic carbocycles. The fraction of sp³-hybridized carbons (Fsp3) is 0.111. The largest absolute Gasteiger partial charge is 0.453 e. The first-order chi connectivity index (χ1) is 10.1. The van der Waals surface area contributed by atoms with E-state index in [9.17, 15) is 4.79 Å². The van der Waals surface area contributed by atoms with Gasteiger partial charge in [0.05, 0.1) is 0 Å². The first-order valence-corrected chi connectivity index (χ1v) is 6.87. The van der Waals surface area contributed by atoms with Crippen LogP contribution in [-0.4, -0.2) is 4.98 Å². The first-order valence-electron chi connectivity index (χ1n) is 6.87. The van der Waals surface area contributed by atoms with Gasteiger partial charge in [-0.2, -0.15) is 0 Å². The Morgan fingerprint density at radius 3 is 2.48 bits per heavy atom. The molecule has 0 amide bonds. The third-order valence-corrected chi connectivity index (χ3v) is 3.97. The molecule has 2 aromatic carbocycles. The van der Waals surface area contributed by atoms with Crippen molar-refractivity contribution in [3.8, 4) is 11.5 Å². The molecule has 1 heterocycles. The average molecular weight is 275 g/mol. The molecular formula is C18H13NO2. The molecule has 0 N–H and O–H groups in total. The second-order valence-electron chi connectivity index (χ2n) is 5.39. The summed E-state index contributed by atoms with van der Waals surface area (Å²) in [4.78, 5) is 16.9. The van der Waals surface area contributed by atoms with Crippen molar-refractivity contribution in [2.24, 2.45) is 0 Å². The Morgan fingerprint density at radius 1 is 0.952 bits per heavy atom. The summed E-state index contributed by atoms with van der Waals surface area (Å²) in [6, 6.07) is 13.0. The Hall–Kier alpha value is -2.68. The van der Waals surface area contributed by atoms with Crippen LogP contribution in [0.5, 0.6) is 0 Å². The van der Waals surface area contributed by atoms with Gasteiger partial charge < -0.3 is 4.42 Å². The maximum Gasteiger partial charge on any atom is 0.190 e. The van der Waals surface area contributed by atoms with Gasteiger partial charge in [-0.25, -0.2) is 4.98 Å². The maximum absolute atomic E-state index is 12.2. The van der Waals surface area contributed by atoms with Crippen molar-refractivity contribution in [3.63, 3.8) is 0 Å². The van der Waals surface area contributed by atoms with Crippen LogP contribution >= 0.6 is 0 Å². The minimum atomic E-state index is -0.0353. The van der Waals surface area contributed by atoms with Crippen LogP contribution in [0, 0.1) is 13.8 Å². The molecule has 0 bridgehead atoms. The average Bonchev–Trinajstić information content (AvgIpc) is 2.48. The quantitative estimate of drug-likeness (QED) is 0.359. The van der Waals surface area contributed by atoms with Crippen molar-refractivity contribution >= 4 is 21.9 Å². The fourth-order valence-electron chi connectivity index (χ4n) is 2.68. The lowest BCUT2D eigenvalue weighted by Crippen LogP contribution is -2.03. The molecule has 3 heteroatoms. The molecule has 21 heavy (non-hydrogen) atoms. The van der Waals surface area contributed by atoms with Crippen molar-refractivity contribution in [2.45, 2.75) is 13.8 Å². The molecule has 0 atom stereocenters. The van der Waals surface area contributed by atoms with E-state index in [1.54, 1.807) is 0 Å². The lowest BCUT2D eigenvalue weighted by atomic mass is 10.0. The molecule has 0 unspecified atom stereocenters. The molecule has 102 valence electrons. The van der Waals surface area contributed by atoms with Gasteiger partial charge in [0.25, 0.3) is 0 Å². The summed E-state index contributed by atoms with van der Waals surface area (Å²) in [7, 11) is 0. The Kier molecular flexibility index (Phi) is 2.39. The Labute approximate surface area is 121 Å². The third-order valence-electron chi connectivity index (χ3n) is 3.97. The second kappa shape index (κ2) is 4.16. The summed E-state index contributed by atoms with van der Waals surface area (Å²) < 4.78 is 5.91. The van der Waals surface area contributed by atoms with Gasteiger partial charge >= 0.3 is 0 Å². The predicted octanol–water partition coefficient (Wildman–Crippen LogP) is 4.06. The summed E-state index contributed by atoms with van der Waals surface area (Å²) in [6.07, 6.45) is 0. The highest BCUT2D eigenvalue weighted by Gasteiger charge is 2.15. The van der Waals surface area contributed by atoms with Gasteiger partial charge in [-0.05, 0) is 37.1 Å². The summed E-state index contributed by atoms with van der Waals surface area (Å²) in [6.45, 7) is 4.09. The number of aromatic nitrogens is 1. The van der Waals surface area contributed by atoms with E-state index in [1.807, 2.05) is 43.3 Å². The lowest BCUT2D eigenvalue weighted by molar-refractivity contribution is 0.613. The summed E-state index contributed by atoms with van der Waals surface area (Å²) in [5.41, 5.74) is 4.55. The highest BCUT2D eigenvalue weighted by atomic mass is 16.3. The Balaban J connectivity index is 2.24. The van der Waals surface area contributed by atoms with E-state index < -0.39 is 0 Å². The predicted molar refractivity (Wildman–Crippen MR) is 83.9 cm³/mol. The number of hydrogen-bond donors (Lipinski definition) is 0. The molecule has 0 saturated heterocycles. The SMILES string of the molecule is Cc1cc2nc3c4ccccc4c(=O)cc-3oc2cc1C. The normalized spacial score (nSPS) is 11.5. The monoisotopic (exact) mass is 275 g/mol. The third kappa shape index (κ3) is 1.74. The van der Waals surface area contributed by atoms with E-state index in [0.29, 0.717) is 16.7 Å². The zero-order chi connectivity index (χ0) is 14.6. The van der Waals surface area contributed by atoms with Crippen molar-refractivity contribution in [3.05, 3.63) is 63.8 Å². The van der Waals surface area contributed by atoms with Crippen molar-refractivity contribution in [1.82, 2.24) is 4.98 Å². The van der Waals surface area contributed by atoms with Crippen LogP contribution in [0.1, 0.15) is 11.1 Å². The first kappa shape index (κ1) is 12.1. The number of rotatable bonds is 0. The van der Waals surface area contributed by atoms with Crippen LogP contribution in [0.15, 0.2) is 51.7 Å². The van der Waals surface area contributed by atoms with Crippen LogP contribution in [0.3, 0.4) is 0 Å². The molecule has 1 aliphatic heterocycles. The van der Waals surface area contributed by atoms with E-state index >= 15 is 0 Å². The minimum Gasteiger partial charge on any atom is -0.453 e. The minimum absolute atomic E-state index is 0.0353. The van der Waals surface area contributed by atoms with Gasteiger partial charge in [-0.1, -0.05) is 24.3 Å². The number of nitrogens with zero attached hydrogens (tertiary/aromatic N) is 1. The molecule has 3 nitrogen and oxygen atoms in total. The van der Waals surface area contributed by atoms with Crippen LogP contribution in [0.2, 0.25) is 0 Å². The van der Waals surface area contributed by atoms with E-state index in [1.165, 1.54) is 11.6 Å². The van der Waals surface area contributed by atoms with E-state index in [2.05, 4.69) is 6.92 Å². The number of benzene rings is 3. The lowest BCUT2D eigenvalue weighted by Gasteiger charge is -2.10. The molecule has 4 rings (SSSR count). The van der Waals surface area contributed by atoms with Crippen LogP contribution in [0.4, 0.5) is 0 Å². The van der Waals surface area contributed by atoms with Crippen LogP contribution in [0.25, 0.3) is 33.3 Å². The van der Waals surface area contributed by atoms with Crippen molar-refractivity contribution < 1.29 is 4.42 Å². The van der Waals surface area contributed by atoms with Gasteiger partial charge in [0, 0.05) is 16.8 Å². The van der Waals surface area contributed by atoms with Gasteiger partial charge in [0.2, 0.25) is 0 Å². The van der Waals surface area contributed by atoms with Gasteiger partial charge in [-0.15, -0.1) is 0 Å². The van der Waals surface area contributed by atoms with E-state index in [0.717, 1.165) is 22.2 Å². The molecule has 0 radical (unpaired) electrons. The smallest absolute Gasteiger partial charge is 0.190 e. The van der Waals surface area contributed by atoms with Crippen molar-refractivity contribution in [2.75, 3.05) is 0 Å². The van der Waals surface area contributed by atoms with Gasteiger partial charge in [0.1, 0.15) is 11.2 Å². The highest BCUT2D eigenvalue weighted by molar-refractivity contribution is 5.96. The molecule has 2 aliphatic rings. The number of fused-ring (bicyclic) bond motifs is 4. The summed E-state index contributed by atoms with van der Waals surface area (Å²) in [5.74, 6) is 0.537. The van der Waals surface area contributed by atoms with Crippen molar-refractivity contribution in [1.29, 1.82) is 0 Å². The molecular weight excluding hydrogens is 262 g/mol. The van der Waals surface area contributed by atoms with Gasteiger partial charge in [0.15, 0.2) is 16.8 Å². The fourth-order valence-corrected chi connectivity index (χ4v) is 2.68. The van der Waals surface area contributed by atoms with E-state index in [4.69, 9.17) is 9.40 Å². The molecule has 0 aromatic heterocycles. The topological polar surface area (TPSA) is 43.1 Å². The molecule has 0 spiro atoms. The van der Waals surface area contributed by atoms with E-state index in [-0.39, 0.29) is 5.43 Å². The van der Waals surface area contributed by atoms with Crippen LogP contribution < -0.4 is 5.43 Å². The number of aryl methyl sites for hydroxylation is 2. The van der Waals surface area contributed by atoms with Crippen LogP contribution in [-0.2, 0) is 0 Å². The second-order valence-corrected chi connectivity index (χ2v) is 5.39. The molecule has 2 aromatic rings. The maximum atomic E-state index is 12.2. The van der Waals surface area contributed by atoms with Gasteiger partial charge in [-0.3, -0.25) is 4.79 Å². The zero-order valence-corrected chi connectivity index (χ0v) is 11.8. The summed E-state index contributed by atoms with van der Waals surface area (Å²) >= 11 is 0. The Bertz CT molecular complexity index is 1030. The molecule has 0 saturated carbocycles. The Morgan fingerprint density at radius 2 is 1.67 bits per heavy atom. The standard InChI is InChI=1S/C18H13NO2/c1-10-7-14-16(8-11(10)2)21-17-9-15(20)12-5-3-4-6-13(12)18(17)19-14/h3-9H,1-2H3. The molecule has 0 fully saturated rings. The number of hydrogen-bond acceptors (Lipinski definition) is 3.